The van der Waals surface area contributed by atoms with Gasteiger partial charge in [0, 0.05) is 19.3 Å². The van der Waals surface area contributed by atoms with E-state index < -0.39 is 12.0 Å². The van der Waals surface area contributed by atoms with Crippen molar-refractivity contribution in [3.8, 4) is 0 Å². The Kier molecular flexibility index (Phi) is 5.27. The summed E-state index contributed by atoms with van der Waals surface area (Å²) in [6.07, 6.45) is 1.90. The number of carbonyl (C=O) groups excluding carboxylic acids is 2. The summed E-state index contributed by atoms with van der Waals surface area (Å²) in [5, 5.41) is 10.5. The monoisotopic (exact) mass is 357 g/mol. The van der Waals surface area contributed by atoms with Crippen LogP contribution in [0, 0.1) is 11.7 Å². The number of nitrogens with zero attached hydrogens (tertiary/aromatic N) is 2. The number of pyridine rings is 1. The van der Waals surface area contributed by atoms with Gasteiger partial charge in [-0.25, -0.2) is 4.39 Å². The molecule has 1 aliphatic rings. The van der Waals surface area contributed by atoms with Crippen molar-refractivity contribution in [3.63, 3.8) is 0 Å². The third-order valence-corrected chi connectivity index (χ3v) is 4.75. The van der Waals surface area contributed by atoms with Crippen LogP contribution in [0.5, 0.6) is 0 Å². The molecule has 2 amide bonds. The topological polar surface area (TPSA) is 96.5 Å². The zero-order chi connectivity index (χ0) is 18.7. The maximum Gasteiger partial charge on any atom is 0.272 e. The molecule has 1 atom stereocenters. The van der Waals surface area contributed by atoms with Crippen LogP contribution in [-0.4, -0.2) is 39.9 Å². The highest BCUT2D eigenvalue weighted by Gasteiger charge is 2.29. The van der Waals surface area contributed by atoms with E-state index >= 15 is 0 Å². The predicted octanol–water partition coefficient (Wildman–Crippen LogP) is 1.91. The zero-order valence-corrected chi connectivity index (χ0v) is 14.1. The molecule has 0 radical (unpaired) electrons. The summed E-state index contributed by atoms with van der Waals surface area (Å²) in [5.74, 6) is -1.13. The van der Waals surface area contributed by atoms with Gasteiger partial charge in [0.25, 0.3) is 5.91 Å². The number of primary amides is 1. The van der Waals surface area contributed by atoms with E-state index in [4.69, 9.17) is 5.73 Å². The smallest absolute Gasteiger partial charge is 0.272 e. The van der Waals surface area contributed by atoms with Crippen LogP contribution in [-0.2, 0) is 0 Å². The Labute approximate surface area is 150 Å². The minimum Gasteiger partial charge on any atom is -0.388 e. The molecule has 136 valence electrons. The molecule has 26 heavy (non-hydrogen) atoms. The Morgan fingerprint density at radius 2 is 1.81 bits per heavy atom. The van der Waals surface area contributed by atoms with Crippen LogP contribution in [0.15, 0.2) is 42.6 Å². The van der Waals surface area contributed by atoms with Crippen LogP contribution < -0.4 is 5.73 Å². The second-order valence-electron chi connectivity index (χ2n) is 6.42. The number of rotatable bonds is 4. The Hall–Kier alpha value is -2.80. The second-order valence-corrected chi connectivity index (χ2v) is 6.42. The van der Waals surface area contributed by atoms with Gasteiger partial charge in [-0.05, 0) is 48.6 Å². The van der Waals surface area contributed by atoms with Crippen molar-refractivity contribution in [2.45, 2.75) is 18.9 Å². The summed E-state index contributed by atoms with van der Waals surface area (Å²) in [6, 6.07) is 8.80. The van der Waals surface area contributed by atoms with Crippen LogP contribution in [0.3, 0.4) is 0 Å². The molecule has 7 heteroatoms. The third-order valence-electron chi connectivity index (χ3n) is 4.75. The molecule has 0 aliphatic carbocycles. The van der Waals surface area contributed by atoms with Crippen LogP contribution in [0.25, 0.3) is 0 Å². The number of hydrogen-bond donors (Lipinski definition) is 2. The molecule has 1 saturated heterocycles. The lowest BCUT2D eigenvalue weighted by Gasteiger charge is -2.34. The molecule has 2 heterocycles. The van der Waals surface area contributed by atoms with Crippen molar-refractivity contribution in [1.82, 2.24) is 9.88 Å². The summed E-state index contributed by atoms with van der Waals surface area (Å²) < 4.78 is 13.0. The van der Waals surface area contributed by atoms with E-state index in [9.17, 15) is 19.1 Å². The molecule has 0 spiro atoms. The number of halogens is 1. The van der Waals surface area contributed by atoms with E-state index in [1.54, 1.807) is 17.0 Å². The van der Waals surface area contributed by atoms with Gasteiger partial charge in [0.1, 0.15) is 11.5 Å². The minimum atomic E-state index is -0.680. The van der Waals surface area contributed by atoms with Crippen molar-refractivity contribution < 1.29 is 19.1 Å². The summed E-state index contributed by atoms with van der Waals surface area (Å²) in [6.45, 7) is 1.00. The zero-order valence-electron chi connectivity index (χ0n) is 14.1. The van der Waals surface area contributed by atoms with Gasteiger partial charge in [0.05, 0.1) is 11.7 Å². The molecule has 1 aliphatic heterocycles. The fourth-order valence-electron chi connectivity index (χ4n) is 3.18. The lowest BCUT2D eigenvalue weighted by atomic mass is 9.87. The number of amides is 2. The van der Waals surface area contributed by atoms with E-state index in [1.165, 1.54) is 30.5 Å². The Morgan fingerprint density at radius 1 is 1.15 bits per heavy atom. The van der Waals surface area contributed by atoms with E-state index in [2.05, 4.69) is 4.98 Å². The Bertz CT molecular complexity index is 785. The van der Waals surface area contributed by atoms with E-state index in [1.807, 2.05) is 0 Å². The van der Waals surface area contributed by atoms with E-state index in [0.717, 1.165) is 0 Å². The minimum absolute atomic E-state index is 0.00899. The Balaban J connectivity index is 1.59. The lowest BCUT2D eigenvalue weighted by Crippen LogP contribution is -2.40. The number of likely N-dealkylation sites (tertiary alicyclic amines) is 1. The number of hydrogen-bond acceptors (Lipinski definition) is 4. The maximum atomic E-state index is 13.0. The number of carbonyl (C=O) groups is 2. The molecule has 0 saturated carbocycles. The Morgan fingerprint density at radius 3 is 2.35 bits per heavy atom. The molecule has 1 unspecified atom stereocenters. The first-order valence-corrected chi connectivity index (χ1v) is 8.44. The van der Waals surface area contributed by atoms with Crippen LogP contribution in [0.4, 0.5) is 4.39 Å². The van der Waals surface area contributed by atoms with Gasteiger partial charge >= 0.3 is 0 Å². The molecular formula is C19H20FN3O3. The molecule has 0 bridgehead atoms. The highest BCUT2D eigenvalue weighted by atomic mass is 19.1. The first kappa shape index (κ1) is 18.0. The van der Waals surface area contributed by atoms with Gasteiger partial charge in [-0.1, -0.05) is 12.1 Å². The van der Waals surface area contributed by atoms with Crippen molar-refractivity contribution in [2.75, 3.05) is 13.1 Å². The van der Waals surface area contributed by atoms with Gasteiger partial charge in [0.15, 0.2) is 0 Å². The number of piperidine rings is 1. The highest BCUT2D eigenvalue weighted by molar-refractivity contribution is 5.95. The van der Waals surface area contributed by atoms with Crippen molar-refractivity contribution in [2.24, 2.45) is 11.7 Å². The number of nitrogens with two attached hydrogens (primary N) is 1. The van der Waals surface area contributed by atoms with Gasteiger partial charge in [0.2, 0.25) is 5.91 Å². The second kappa shape index (κ2) is 7.61. The average Bonchev–Trinajstić information content (AvgIpc) is 2.67. The summed E-state index contributed by atoms with van der Waals surface area (Å²) in [5.41, 5.74) is 6.35. The summed E-state index contributed by atoms with van der Waals surface area (Å²) >= 11 is 0. The van der Waals surface area contributed by atoms with E-state index in [0.29, 0.717) is 31.5 Å². The number of aliphatic hydroxyl groups is 1. The normalized spacial score (nSPS) is 16.3. The van der Waals surface area contributed by atoms with Gasteiger partial charge in [-0.2, -0.15) is 0 Å². The lowest BCUT2D eigenvalue weighted by molar-refractivity contribution is 0.0458. The molecule has 3 N–H and O–H groups in total. The number of aromatic nitrogens is 1. The first-order valence-electron chi connectivity index (χ1n) is 8.44. The molecule has 1 fully saturated rings. The van der Waals surface area contributed by atoms with E-state index in [-0.39, 0.29) is 28.9 Å². The molecular weight excluding hydrogens is 337 g/mol. The third kappa shape index (κ3) is 3.88. The average molecular weight is 357 g/mol. The quantitative estimate of drug-likeness (QED) is 0.873. The molecule has 1 aromatic carbocycles. The molecule has 3 rings (SSSR count). The summed E-state index contributed by atoms with van der Waals surface area (Å²) in [7, 11) is 0. The van der Waals surface area contributed by atoms with Crippen molar-refractivity contribution in [1.29, 1.82) is 0 Å². The standard InChI is InChI=1S/C19H20FN3O3/c20-15-4-1-12(2-5-15)17(24)13-7-9-23(10-8-13)19(26)16-6-3-14(11-22-16)18(21)25/h1-6,11,13,17,24H,7-10H2,(H2,21,25). The molecule has 6 nitrogen and oxygen atoms in total. The van der Waals surface area contributed by atoms with Gasteiger partial charge < -0.3 is 15.7 Å². The van der Waals surface area contributed by atoms with Crippen LogP contribution in [0.1, 0.15) is 45.4 Å². The SMILES string of the molecule is NC(=O)c1ccc(C(=O)N2CCC(C(O)c3ccc(F)cc3)CC2)nc1. The largest absolute Gasteiger partial charge is 0.388 e. The maximum absolute atomic E-state index is 13.0. The highest BCUT2D eigenvalue weighted by Crippen LogP contribution is 2.31. The van der Waals surface area contributed by atoms with Crippen molar-refractivity contribution in [3.05, 3.63) is 65.2 Å². The summed E-state index contributed by atoms with van der Waals surface area (Å²) in [4.78, 5) is 29.3. The fraction of sp³-hybridized carbons (Fsp3) is 0.316. The van der Waals surface area contributed by atoms with Gasteiger partial charge in [-0.3, -0.25) is 14.6 Å². The van der Waals surface area contributed by atoms with Crippen molar-refractivity contribution >= 4 is 11.8 Å². The first-order chi connectivity index (χ1) is 12.5. The fourth-order valence-corrected chi connectivity index (χ4v) is 3.18. The van der Waals surface area contributed by atoms with Crippen LogP contribution >= 0.6 is 0 Å². The molecule has 1 aromatic heterocycles. The number of benzene rings is 1. The van der Waals surface area contributed by atoms with Crippen LogP contribution in [0.2, 0.25) is 0 Å². The number of aliphatic hydroxyl groups excluding tert-OH is 1. The van der Waals surface area contributed by atoms with Gasteiger partial charge in [-0.15, -0.1) is 0 Å². The molecule has 2 aromatic rings. The predicted molar refractivity (Wildman–Crippen MR) is 92.7 cm³/mol.